The highest BCUT2D eigenvalue weighted by Crippen LogP contribution is 2.21. The summed E-state index contributed by atoms with van der Waals surface area (Å²) in [5, 5.41) is 15.4. The molecule has 7 nitrogen and oxygen atoms in total. The first kappa shape index (κ1) is 21.7. The molecule has 0 saturated heterocycles. The van der Waals surface area contributed by atoms with Crippen molar-refractivity contribution in [2.45, 2.75) is 51.7 Å². The van der Waals surface area contributed by atoms with Crippen molar-refractivity contribution in [1.82, 2.24) is 15.6 Å². The van der Waals surface area contributed by atoms with Gasteiger partial charge in [-0.3, -0.25) is 10.3 Å². The van der Waals surface area contributed by atoms with E-state index in [2.05, 4.69) is 28.8 Å². The van der Waals surface area contributed by atoms with Crippen molar-refractivity contribution in [3.8, 4) is 5.75 Å². The molecule has 2 atom stereocenters. The van der Waals surface area contributed by atoms with E-state index in [0.29, 0.717) is 30.8 Å². The Labute approximate surface area is 155 Å². The van der Waals surface area contributed by atoms with Crippen LogP contribution in [0.4, 0.5) is 4.79 Å². The second-order valence-electron chi connectivity index (χ2n) is 6.64. The van der Waals surface area contributed by atoms with Gasteiger partial charge in [0.25, 0.3) is 6.41 Å². The van der Waals surface area contributed by atoms with E-state index < -0.39 is 24.2 Å². The fraction of sp³-hybridized carbons (Fsp3) is 0.474. The smallest absolute Gasteiger partial charge is 0.408 e. The molecule has 0 aromatic carbocycles. The van der Waals surface area contributed by atoms with Crippen LogP contribution in [-0.2, 0) is 4.74 Å². The summed E-state index contributed by atoms with van der Waals surface area (Å²) in [5.74, 6) is 0.425. The van der Waals surface area contributed by atoms with Crippen LogP contribution in [0, 0.1) is 0 Å². The molecule has 1 aromatic heterocycles. The maximum atomic E-state index is 12.0. The number of hydrogen-bond acceptors (Lipinski definition) is 6. The van der Waals surface area contributed by atoms with Gasteiger partial charge in [-0.2, -0.15) is 0 Å². The number of carbonyl (C=O) groups excluding carboxylic acids is 1. The van der Waals surface area contributed by atoms with Crippen LogP contribution < -0.4 is 15.4 Å². The predicted octanol–water partition coefficient (Wildman–Crippen LogP) is 3.04. The molecule has 3 N–H and O–H groups in total. The third-order valence-electron chi connectivity index (χ3n) is 3.12. The number of hydrogen-bond donors (Lipinski definition) is 3. The lowest BCUT2D eigenvalue weighted by atomic mass is 10.1. The Morgan fingerprint density at radius 1 is 1.38 bits per heavy atom. The summed E-state index contributed by atoms with van der Waals surface area (Å²) < 4.78 is 10.7. The highest BCUT2D eigenvalue weighted by molar-refractivity contribution is 5.68. The van der Waals surface area contributed by atoms with Crippen molar-refractivity contribution in [2.24, 2.45) is 0 Å². The average molecular weight is 363 g/mol. The van der Waals surface area contributed by atoms with Gasteiger partial charge in [-0.25, -0.2) is 4.79 Å². The van der Waals surface area contributed by atoms with Gasteiger partial charge in [-0.15, -0.1) is 13.2 Å². The molecule has 26 heavy (non-hydrogen) atoms. The minimum Gasteiger partial charge on any atom is -0.451 e. The van der Waals surface area contributed by atoms with E-state index in [0.717, 1.165) is 0 Å². The third-order valence-corrected chi connectivity index (χ3v) is 3.12. The Balaban J connectivity index is 2.77. The maximum Gasteiger partial charge on any atom is 0.408 e. The molecule has 0 spiro atoms. The Hall–Kier alpha value is -2.38. The van der Waals surface area contributed by atoms with Gasteiger partial charge in [-0.05, 0) is 39.7 Å². The van der Waals surface area contributed by atoms with Crippen molar-refractivity contribution in [1.29, 1.82) is 0 Å². The summed E-state index contributed by atoms with van der Waals surface area (Å²) in [6, 6.07) is 2.86. The summed E-state index contributed by atoms with van der Waals surface area (Å²) in [4.78, 5) is 16.3. The van der Waals surface area contributed by atoms with Crippen molar-refractivity contribution >= 4 is 6.09 Å². The van der Waals surface area contributed by atoms with Crippen LogP contribution >= 0.6 is 0 Å². The summed E-state index contributed by atoms with van der Waals surface area (Å²) in [5.41, 5.74) is -0.0193. The zero-order valence-electron chi connectivity index (χ0n) is 15.7. The minimum atomic E-state index is -1.15. The first-order chi connectivity index (χ1) is 12.2. The number of alkyl carbamates (subject to hydrolysis) is 1. The number of aliphatic hydroxyl groups is 1. The summed E-state index contributed by atoms with van der Waals surface area (Å²) in [6.45, 7) is 13.2. The molecule has 0 bridgehead atoms. The number of pyridine rings is 1. The van der Waals surface area contributed by atoms with Crippen molar-refractivity contribution in [3.63, 3.8) is 0 Å². The summed E-state index contributed by atoms with van der Waals surface area (Å²) in [7, 11) is 0. The number of aromatic nitrogens is 1. The lowest BCUT2D eigenvalue weighted by Gasteiger charge is -2.23. The summed E-state index contributed by atoms with van der Waals surface area (Å²) >= 11 is 0. The SMILES string of the molecule is C=CCCN[C@H](O)Oc1ccnc([C@H](CC=C)NC(=O)OC(C)(C)C)c1. The van der Waals surface area contributed by atoms with Gasteiger partial charge >= 0.3 is 6.09 Å². The highest BCUT2D eigenvalue weighted by Gasteiger charge is 2.21. The van der Waals surface area contributed by atoms with E-state index in [1.165, 1.54) is 0 Å². The molecule has 0 aliphatic carbocycles. The normalized spacial score (nSPS) is 13.4. The van der Waals surface area contributed by atoms with Gasteiger partial charge in [0, 0.05) is 18.8 Å². The lowest BCUT2D eigenvalue weighted by molar-refractivity contribution is -0.0432. The molecule has 0 radical (unpaired) electrons. The molecule has 0 unspecified atom stereocenters. The van der Waals surface area contributed by atoms with Crippen LogP contribution in [0.5, 0.6) is 5.75 Å². The molecule has 7 heteroatoms. The molecular weight excluding hydrogens is 334 g/mol. The monoisotopic (exact) mass is 363 g/mol. The number of nitrogens with zero attached hydrogens (tertiary/aromatic N) is 1. The molecule has 1 aromatic rings. The molecule has 1 amide bonds. The first-order valence-corrected chi connectivity index (χ1v) is 8.50. The van der Waals surface area contributed by atoms with Crippen LogP contribution in [0.25, 0.3) is 0 Å². The quantitative estimate of drug-likeness (QED) is 0.336. The van der Waals surface area contributed by atoms with Gasteiger partial charge in [0.1, 0.15) is 11.4 Å². The highest BCUT2D eigenvalue weighted by atomic mass is 16.6. The number of rotatable bonds is 10. The van der Waals surface area contributed by atoms with Crippen LogP contribution in [0.3, 0.4) is 0 Å². The Bertz CT molecular complexity index is 599. The zero-order chi connectivity index (χ0) is 19.6. The van der Waals surface area contributed by atoms with Gasteiger partial charge < -0.3 is 19.9 Å². The minimum absolute atomic E-state index is 0.420. The zero-order valence-corrected chi connectivity index (χ0v) is 15.7. The molecule has 0 aliphatic heterocycles. The molecule has 0 aliphatic rings. The Morgan fingerprint density at radius 2 is 2.12 bits per heavy atom. The standard InChI is InChI=1S/C19H29N3O4/c1-6-8-11-21-17(23)25-14-10-12-20-16(13-14)15(9-7-2)22-18(24)26-19(3,4)5/h6-7,10,12-13,15,17,21,23H,1-2,8-9,11H2,3-5H3,(H,22,24)/t15-,17+/m0/s1. The number of nitrogens with one attached hydrogen (secondary N) is 2. The van der Waals surface area contributed by atoms with E-state index in [9.17, 15) is 9.90 Å². The second-order valence-corrected chi connectivity index (χ2v) is 6.64. The Morgan fingerprint density at radius 3 is 2.73 bits per heavy atom. The number of carbonyl (C=O) groups is 1. The average Bonchev–Trinajstić information content (AvgIpc) is 2.53. The van der Waals surface area contributed by atoms with E-state index >= 15 is 0 Å². The third kappa shape index (κ3) is 8.64. The van der Waals surface area contributed by atoms with Crippen LogP contribution in [0.2, 0.25) is 0 Å². The fourth-order valence-corrected chi connectivity index (χ4v) is 2.04. The van der Waals surface area contributed by atoms with E-state index in [1.807, 2.05) is 0 Å². The van der Waals surface area contributed by atoms with Gasteiger partial charge in [0.2, 0.25) is 0 Å². The number of ether oxygens (including phenoxy) is 2. The van der Waals surface area contributed by atoms with Gasteiger partial charge in [0.15, 0.2) is 0 Å². The number of amides is 1. The second kappa shape index (κ2) is 10.6. The summed E-state index contributed by atoms with van der Waals surface area (Å²) in [6.07, 6.45) is 4.47. The topological polar surface area (TPSA) is 92.7 Å². The molecular formula is C19H29N3O4. The molecule has 1 heterocycles. The van der Waals surface area contributed by atoms with E-state index in [1.54, 1.807) is 51.3 Å². The van der Waals surface area contributed by atoms with E-state index in [4.69, 9.17) is 9.47 Å². The largest absolute Gasteiger partial charge is 0.451 e. The van der Waals surface area contributed by atoms with E-state index in [-0.39, 0.29) is 0 Å². The first-order valence-electron chi connectivity index (χ1n) is 8.50. The van der Waals surface area contributed by atoms with Crippen LogP contribution in [0.15, 0.2) is 43.6 Å². The molecule has 1 rings (SSSR count). The van der Waals surface area contributed by atoms with Crippen LogP contribution in [-0.4, -0.2) is 34.7 Å². The Kier molecular flexibility index (Phi) is 8.81. The van der Waals surface area contributed by atoms with Crippen molar-refractivity contribution in [3.05, 3.63) is 49.3 Å². The van der Waals surface area contributed by atoms with Crippen molar-refractivity contribution < 1.29 is 19.4 Å². The lowest BCUT2D eigenvalue weighted by Crippen LogP contribution is -2.35. The van der Waals surface area contributed by atoms with Gasteiger partial charge in [0.05, 0.1) is 11.7 Å². The molecule has 144 valence electrons. The molecule has 0 fully saturated rings. The number of aliphatic hydroxyl groups excluding tert-OH is 1. The van der Waals surface area contributed by atoms with Crippen molar-refractivity contribution in [2.75, 3.05) is 6.54 Å². The fourth-order valence-electron chi connectivity index (χ4n) is 2.04. The van der Waals surface area contributed by atoms with Gasteiger partial charge in [-0.1, -0.05) is 12.2 Å². The predicted molar refractivity (Wildman–Crippen MR) is 101 cm³/mol. The maximum absolute atomic E-state index is 12.0. The molecule has 0 saturated carbocycles. The van der Waals surface area contributed by atoms with Crippen LogP contribution in [0.1, 0.15) is 45.3 Å².